The molecule has 0 aromatic heterocycles. The van der Waals surface area contributed by atoms with Crippen LogP contribution in [0, 0.1) is 17.3 Å². The Balaban J connectivity index is 2.03. The van der Waals surface area contributed by atoms with Crippen molar-refractivity contribution in [1.29, 1.82) is 0 Å². The van der Waals surface area contributed by atoms with Crippen molar-refractivity contribution in [3.8, 4) is 0 Å². The van der Waals surface area contributed by atoms with E-state index in [1.54, 1.807) is 0 Å². The van der Waals surface area contributed by atoms with Crippen LogP contribution in [0.1, 0.15) is 52.9 Å². The molecule has 0 amide bonds. The minimum atomic E-state index is 0.327. The largest absolute Gasteiger partial charge is 0.395 e. The molecule has 2 fully saturated rings. The van der Waals surface area contributed by atoms with Crippen LogP contribution in [0.15, 0.2) is 0 Å². The van der Waals surface area contributed by atoms with Gasteiger partial charge in [0.2, 0.25) is 0 Å². The molecule has 1 saturated heterocycles. The number of likely N-dealkylation sites (tertiary alicyclic amines) is 1. The highest BCUT2D eigenvalue weighted by Gasteiger charge is 2.40. The van der Waals surface area contributed by atoms with Crippen LogP contribution in [0.5, 0.6) is 0 Å². The summed E-state index contributed by atoms with van der Waals surface area (Å²) in [6, 6.07) is 0.394. The van der Waals surface area contributed by atoms with E-state index in [1.807, 2.05) is 0 Å². The van der Waals surface area contributed by atoms with Crippen LogP contribution in [-0.4, -0.2) is 48.8 Å². The zero-order chi connectivity index (χ0) is 14.6. The van der Waals surface area contributed by atoms with E-state index >= 15 is 0 Å². The Morgan fingerprint density at radius 3 is 2.75 bits per heavy atom. The van der Waals surface area contributed by atoms with Gasteiger partial charge in [0.15, 0.2) is 0 Å². The minimum Gasteiger partial charge on any atom is -0.395 e. The van der Waals surface area contributed by atoms with E-state index in [1.165, 1.54) is 45.2 Å². The summed E-state index contributed by atoms with van der Waals surface area (Å²) in [5.41, 5.74) is 0.436. The standard InChI is InChI=1S/C17H34N2O/c1-4-18-12-17(8-5-6-14(2)10-17)13-19-9-7-15(3)16(19)11-20/h14-16,18,20H,4-13H2,1-3H3. The summed E-state index contributed by atoms with van der Waals surface area (Å²) >= 11 is 0. The Bertz CT molecular complexity index is 297. The molecule has 1 aliphatic heterocycles. The normalized spacial score (nSPS) is 39.3. The summed E-state index contributed by atoms with van der Waals surface area (Å²) in [4.78, 5) is 2.58. The van der Waals surface area contributed by atoms with Gasteiger partial charge in [0.1, 0.15) is 0 Å². The topological polar surface area (TPSA) is 35.5 Å². The van der Waals surface area contributed by atoms with Gasteiger partial charge in [0.25, 0.3) is 0 Å². The molecule has 2 aliphatic rings. The molecule has 1 aliphatic carbocycles. The second kappa shape index (κ2) is 7.24. The van der Waals surface area contributed by atoms with Crippen LogP contribution in [0.2, 0.25) is 0 Å². The SMILES string of the molecule is CCNCC1(CN2CCC(C)C2CO)CCCC(C)C1. The quantitative estimate of drug-likeness (QED) is 0.786. The third kappa shape index (κ3) is 3.75. The van der Waals surface area contributed by atoms with E-state index in [4.69, 9.17) is 0 Å². The summed E-state index contributed by atoms with van der Waals surface area (Å²) in [6.07, 6.45) is 6.72. The molecule has 2 rings (SSSR count). The average molecular weight is 282 g/mol. The maximum Gasteiger partial charge on any atom is 0.0589 e. The number of rotatable bonds is 6. The lowest BCUT2D eigenvalue weighted by atomic mass is 9.69. The van der Waals surface area contributed by atoms with Gasteiger partial charge in [-0.1, -0.05) is 33.6 Å². The number of hydrogen-bond acceptors (Lipinski definition) is 3. The van der Waals surface area contributed by atoms with Crippen molar-refractivity contribution < 1.29 is 5.11 Å². The summed E-state index contributed by atoms with van der Waals surface area (Å²) in [7, 11) is 0. The third-order valence-electron chi connectivity index (χ3n) is 5.66. The van der Waals surface area contributed by atoms with Crippen LogP contribution in [0.3, 0.4) is 0 Å². The van der Waals surface area contributed by atoms with Gasteiger partial charge in [0, 0.05) is 19.1 Å². The zero-order valence-electron chi connectivity index (χ0n) is 13.7. The van der Waals surface area contributed by atoms with Crippen LogP contribution < -0.4 is 5.32 Å². The lowest BCUT2D eigenvalue weighted by molar-refractivity contribution is 0.0521. The van der Waals surface area contributed by atoms with Crippen LogP contribution in [0.25, 0.3) is 0 Å². The predicted octanol–water partition coefficient (Wildman–Crippen LogP) is 2.50. The fourth-order valence-corrected chi connectivity index (χ4v) is 4.53. The first-order valence-corrected chi connectivity index (χ1v) is 8.66. The molecule has 3 nitrogen and oxygen atoms in total. The van der Waals surface area contributed by atoms with E-state index in [9.17, 15) is 5.11 Å². The van der Waals surface area contributed by atoms with E-state index in [-0.39, 0.29) is 0 Å². The number of aliphatic hydroxyl groups excluding tert-OH is 1. The van der Waals surface area contributed by atoms with E-state index in [0.29, 0.717) is 24.0 Å². The van der Waals surface area contributed by atoms with E-state index < -0.39 is 0 Å². The first-order chi connectivity index (χ1) is 9.60. The highest BCUT2D eigenvalue weighted by molar-refractivity contribution is 4.94. The van der Waals surface area contributed by atoms with Gasteiger partial charge in [-0.3, -0.25) is 4.90 Å². The molecule has 20 heavy (non-hydrogen) atoms. The number of aliphatic hydroxyl groups is 1. The van der Waals surface area contributed by atoms with Crippen molar-refractivity contribution >= 4 is 0 Å². The first-order valence-electron chi connectivity index (χ1n) is 8.66. The van der Waals surface area contributed by atoms with Crippen molar-refractivity contribution in [2.75, 3.05) is 32.8 Å². The molecule has 1 saturated carbocycles. The van der Waals surface area contributed by atoms with Crippen LogP contribution >= 0.6 is 0 Å². The summed E-state index contributed by atoms with van der Waals surface area (Å²) in [5.74, 6) is 1.51. The van der Waals surface area contributed by atoms with Crippen molar-refractivity contribution in [3.63, 3.8) is 0 Å². The Kier molecular flexibility index (Phi) is 5.88. The van der Waals surface area contributed by atoms with Gasteiger partial charge in [-0.25, -0.2) is 0 Å². The second-order valence-corrected chi connectivity index (χ2v) is 7.47. The molecule has 0 spiro atoms. The molecule has 0 aromatic carbocycles. The summed E-state index contributed by atoms with van der Waals surface area (Å²) < 4.78 is 0. The molecule has 1 heterocycles. The summed E-state index contributed by atoms with van der Waals surface area (Å²) in [6.45, 7) is 11.8. The fourth-order valence-electron chi connectivity index (χ4n) is 4.53. The minimum absolute atomic E-state index is 0.327. The molecular formula is C17H34N2O. The van der Waals surface area contributed by atoms with Crippen LogP contribution in [-0.2, 0) is 0 Å². The molecule has 0 radical (unpaired) electrons. The Morgan fingerprint density at radius 2 is 2.10 bits per heavy atom. The lowest BCUT2D eigenvalue weighted by Crippen LogP contribution is -2.49. The van der Waals surface area contributed by atoms with E-state index in [2.05, 4.69) is 31.0 Å². The highest BCUT2D eigenvalue weighted by Crippen LogP contribution is 2.41. The maximum atomic E-state index is 9.69. The number of nitrogens with one attached hydrogen (secondary N) is 1. The van der Waals surface area contributed by atoms with Crippen molar-refractivity contribution in [1.82, 2.24) is 10.2 Å². The molecule has 0 bridgehead atoms. The van der Waals surface area contributed by atoms with Gasteiger partial charge in [0.05, 0.1) is 6.61 Å². The number of nitrogens with zero attached hydrogens (tertiary/aromatic N) is 1. The van der Waals surface area contributed by atoms with Crippen molar-refractivity contribution in [2.24, 2.45) is 17.3 Å². The highest BCUT2D eigenvalue weighted by atomic mass is 16.3. The molecule has 4 atom stereocenters. The smallest absolute Gasteiger partial charge is 0.0589 e. The Hall–Kier alpha value is -0.120. The molecule has 0 aromatic rings. The molecule has 4 unspecified atom stereocenters. The predicted molar refractivity (Wildman–Crippen MR) is 84.8 cm³/mol. The first kappa shape index (κ1) is 16.3. The molecule has 2 N–H and O–H groups in total. The van der Waals surface area contributed by atoms with Gasteiger partial charge >= 0.3 is 0 Å². The van der Waals surface area contributed by atoms with Gasteiger partial charge < -0.3 is 10.4 Å². The van der Waals surface area contributed by atoms with E-state index in [0.717, 1.165) is 19.0 Å². The lowest BCUT2D eigenvalue weighted by Gasteiger charge is -2.44. The summed E-state index contributed by atoms with van der Waals surface area (Å²) in [5, 5.41) is 13.3. The third-order valence-corrected chi connectivity index (χ3v) is 5.66. The van der Waals surface area contributed by atoms with Gasteiger partial charge in [-0.05, 0) is 49.6 Å². The maximum absolute atomic E-state index is 9.69. The number of hydrogen-bond donors (Lipinski definition) is 2. The Labute approximate surface area is 125 Å². The zero-order valence-corrected chi connectivity index (χ0v) is 13.7. The van der Waals surface area contributed by atoms with Gasteiger partial charge in [-0.2, -0.15) is 0 Å². The molecule has 118 valence electrons. The Morgan fingerprint density at radius 1 is 1.30 bits per heavy atom. The average Bonchev–Trinajstić information content (AvgIpc) is 2.76. The molecule has 3 heteroatoms. The monoisotopic (exact) mass is 282 g/mol. The second-order valence-electron chi connectivity index (χ2n) is 7.47. The van der Waals surface area contributed by atoms with Crippen molar-refractivity contribution in [2.45, 2.75) is 58.9 Å². The van der Waals surface area contributed by atoms with Gasteiger partial charge in [-0.15, -0.1) is 0 Å². The molecular weight excluding hydrogens is 248 g/mol. The fraction of sp³-hybridized carbons (Fsp3) is 1.00. The van der Waals surface area contributed by atoms with Crippen molar-refractivity contribution in [3.05, 3.63) is 0 Å². The van der Waals surface area contributed by atoms with Crippen LogP contribution in [0.4, 0.5) is 0 Å².